The van der Waals surface area contributed by atoms with Crippen LogP contribution in [0.25, 0.3) is 11.0 Å². The highest BCUT2D eigenvalue weighted by Crippen LogP contribution is 2.56. The lowest BCUT2D eigenvalue weighted by molar-refractivity contribution is -0.128. The molecule has 1 amide bonds. The fourth-order valence-corrected chi connectivity index (χ4v) is 4.78. The molecule has 3 heterocycles. The van der Waals surface area contributed by atoms with Crippen molar-refractivity contribution < 1.29 is 9.90 Å². The number of hydrogen-bond donors (Lipinski definition) is 3. The van der Waals surface area contributed by atoms with Crippen molar-refractivity contribution >= 4 is 22.8 Å². The number of carbonyl (C=O) groups excluding carboxylic acids is 1. The highest BCUT2D eigenvalue weighted by atomic mass is 16.3. The summed E-state index contributed by atoms with van der Waals surface area (Å²) in [5.41, 5.74) is 1.92. The van der Waals surface area contributed by atoms with Crippen molar-refractivity contribution in [3.05, 3.63) is 54.0 Å². The van der Waals surface area contributed by atoms with Gasteiger partial charge in [-0.25, -0.2) is 9.97 Å². The van der Waals surface area contributed by atoms with Crippen molar-refractivity contribution in [2.24, 2.45) is 11.3 Å². The fourth-order valence-electron chi connectivity index (χ4n) is 4.78. The Balaban J connectivity index is 1.24. The average Bonchev–Trinajstić information content (AvgIpc) is 3.38. The SMILES string of the molecule is N#Cc1cccc([C@H](O)CNC(=O)[C@H]2CCN(c3ncnc4[nH]ccc34)CC23CC3)c1. The molecular weight excluding hydrogens is 392 g/mol. The van der Waals surface area contributed by atoms with E-state index in [0.29, 0.717) is 11.1 Å². The molecule has 1 saturated heterocycles. The third-order valence-electron chi connectivity index (χ3n) is 6.64. The first-order valence-corrected chi connectivity index (χ1v) is 10.6. The number of aromatic amines is 1. The molecule has 3 aromatic rings. The van der Waals surface area contributed by atoms with Gasteiger partial charge in [-0.05, 0) is 48.4 Å². The van der Waals surface area contributed by atoms with Gasteiger partial charge in [-0.3, -0.25) is 4.79 Å². The second kappa shape index (κ2) is 7.67. The quantitative estimate of drug-likeness (QED) is 0.587. The number of aromatic nitrogens is 3. The minimum absolute atomic E-state index is 0.00196. The number of anilines is 1. The van der Waals surface area contributed by atoms with Crippen LogP contribution in [0.3, 0.4) is 0 Å². The van der Waals surface area contributed by atoms with E-state index in [0.717, 1.165) is 49.2 Å². The third kappa shape index (κ3) is 3.62. The number of benzene rings is 1. The van der Waals surface area contributed by atoms with Crippen LogP contribution in [0.2, 0.25) is 0 Å². The second-order valence-electron chi connectivity index (χ2n) is 8.56. The number of hydrogen-bond acceptors (Lipinski definition) is 6. The highest BCUT2D eigenvalue weighted by molar-refractivity contribution is 5.87. The first kappa shape index (κ1) is 19.5. The van der Waals surface area contributed by atoms with Crippen molar-refractivity contribution in [3.8, 4) is 6.07 Å². The zero-order valence-electron chi connectivity index (χ0n) is 17.1. The monoisotopic (exact) mass is 416 g/mol. The Morgan fingerprint density at radius 2 is 2.26 bits per heavy atom. The van der Waals surface area contributed by atoms with E-state index in [-0.39, 0.29) is 23.8 Å². The molecule has 1 aromatic carbocycles. The first-order valence-electron chi connectivity index (χ1n) is 10.6. The summed E-state index contributed by atoms with van der Waals surface area (Å²) in [6.07, 6.45) is 5.41. The fraction of sp³-hybridized carbons (Fsp3) is 0.391. The van der Waals surface area contributed by atoms with Crippen LogP contribution in [0.4, 0.5) is 5.82 Å². The number of aliphatic hydroxyl groups excluding tert-OH is 1. The maximum absolute atomic E-state index is 13.0. The number of nitrogens with zero attached hydrogens (tertiary/aromatic N) is 4. The molecule has 2 aliphatic rings. The van der Waals surface area contributed by atoms with E-state index in [4.69, 9.17) is 5.26 Å². The molecule has 2 aromatic heterocycles. The Labute approximate surface area is 179 Å². The molecule has 1 saturated carbocycles. The number of amides is 1. The topological polar surface area (TPSA) is 118 Å². The van der Waals surface area contributed by atoms with E-state index in [1.807, 2.05) is 12.3 Å². The van der Waals surface area contributed by atoms with E-state index in [2.05, 4.69) is 31.2 Å². The van der Waals surface area contributed by atoms with Gasteiger partial charge in [-0.2, -0.15) is 5.26 Å². The molecule has 158 valence electrons. The predicted molar refractivity (Wildman–Crippen MR) is 115 cm³/mol. The lowest BCUT2D eigenvalue weighted by atomic mass is 9.81. The molecule has 1 aliphatic carbocycles. The number of aliphatic hydroxyl groups is 1. The molecule has 0 bridgehead atoms. The van der Waals surface area contributed by atoms with Crippen LogP contribution in [0.15, 0.2) is 42.9 Å². The first-order chi connectivity index (χ1) is 15.1. The Morgan fingerprint density at radius 1 is 1.39 bits per heavy atom. The average molecular weight is 416 g/mol. The van der Waals surface area contributed by atoms with E-state index in [9.17, 15) is 9.90 Å². The second-order valence-corrected chi connectivity index (χ2v) is 8.56. The van der Waals surface area contributed by atoms with Crippen LogP contribution in [-0.4, -0.2) is 45.6 Å². The number of piperidine rings is 1. The minimum atomic E-state index is -0.838. The maximum atomic E-state index is 13.0. The molecule has 0 radical (unpaired) electrons. The van der Waals surface area contributed by atoms with Gasteiger partial charge in [0.25, 0.3) is 0 Å². The lowest BCUT2D eigenvalue weighted by Crippen LogP contribution is -2.48. The normalized spacial score (nSPS) is 20.4. The number of carbonyl (C=O) groups is 1. The molecule has 5 rings (SSSR count). The van der Waals surface area contributed by atoms with Crippen molar-refractivity contribution in [2.45, 2.75) is 25.4 Å². The predicted octanol–water partition coefficient (Wildman–Crippen LogP) is 2.29. The maximum Gasteiger partial charge on any atom is 0.223 e. The number of fused-ring (bicyclic) bond motifs is 1. The van der Waals surface area contributed by atoms with E-state index < -0.39 is 6.10 Å². The van der Waals surface area contributed by atoms with Gasteiger partial charge in [0.05, 0.1) is 23.1 Å². The summed E-state index contributed by atoms with van der Waals surface area (Å²) in [4.78, 5) is 27.2. The summed E-state index contributed by atoms with van der Waals surface area (Å²) in [6, 6.07) is 10.9. The van der Waals surface area contributed by atoms with Crippen LogP contribution < -0.4 is 10.2 Å². The van der Waals surface area contributed by atoms with Gasteiger partial charge in [0.1, 0.15) is 17.8 Å². The van der Waals surface area contributed by atoms with Gasteiger partial charge in [-0.15, -0.1) is 0 Å². The van der Waals surface area contributed by atoms with Gasteiger partial charge in [-0.1, -0.05) is 12.1 Å². The molecule has 1 spiro atoms. The molecule has 31 heavy (non-hydrogen) atoms. The summed E-state index contributed by atoms with van der Waals surface area (Å²) >= 11 is 0. The molecule has 3 N–H and O–H groups in total. The van der Waals surface area contributed by atoms with Gasteiger partial charge in [0, 0.05) is 31.7 Å². The van der Waals surface area contributed by atoms with E-state index >= 15 is 0 Å². The third-order valence-corrected chi connectivity index (χ3v) is 6.64. The molecule has 8 heteroatoms. The van der Waals surface area contributed by atoms with Crippen LogP contribution in [0.5, 0.6) is 0 Å². The number of nitriles is 1. The summed E-state index contributed by atoms with van der Waals surface area (Å²) in [5, 5.41) is 23.4. The summed E-state index contributed by atoms with van der Waals surface area (Å²) < 4.78 is 0. The highest BCUT2D eigenvalue weighted by Gasteiger charge is 2.55. The number of H-pyrrole nitrogens is 1. The van der Waals surface area contributed by atoms with Crippen molar-refractivity contribution in [1.29, 1.82) is 5.26 Å². The van der Waals surface area contributed by atoms with Crippen molar-refractivity contribution in [1.82, 2.24) is 20.3 Å². The van der Waals surface area contributed by atoms with E-state index in [1.165, 1.54) is 0 Å². The van der Waals surface area contributed by atoms with Gasteiger partial charge in [0.15, 0.2) is 0 Å². The Hall–Kier alpha value is -3.44. The lowest BCUT2D eigenvalue weighted by Gasteiger charge is -2.39. The zero-order valence-corrected chi connectivity index (χ0v) is 17.1. The number of nitrogens with one attached hydrogen (secondary N) is 2. The largest absolute Gasteiger partial charge is 0.387 e. The number of rotatable bonds is 5. The molecular formula is C23H24N6O2. The zero-order chi connectivity index (χ0) is 21.4. The van der Waals surface area contributed by atoms with Crippen LogP contribution >= 0.6 is 0 Å². The van der Waals surface area contributed by atoms with Crippen molar-refractivity contribution in [3.63, 3.8) is 0 Å². The van der Waals surface area contributed by atoms with Gasteiger partial charge < -0.3 is 20.3 Å². The Kier molecular flexibility index (Phi) is 4.83. The summed E-state index contributed by atoms with van der Waals surface area (Å²) in [5.74, 6) is 0.858. The van der Waals surface area contributed by atoms with E-state index in [1.54, 1.807) is 30.6 Å². The molecule has 8 nitrogen and oxygen atoms in total. The Bertz CT molecular complexity index is 1160. The Morgan fingerprint density at radius 3 is 3.06 bits per heavy atom. The standard InChI is InChI=1S/C23H24N6O2/c24-11-15-2-1-3-16(10-15)19(30)12-26-22(31)18-5-9-29(13-23(18)6-7-23)21-17-4-8-25-20(17)27-14-28-21/h1-4,8,10,14,18-19,30H,5-7,9,12-13H2,(H,26,31)(H,25,27,28)/t18-,19-/m1/s1. The van der Waals surface area contributed by atoms with Crippen LogP contribution in [0.1, 0.15) is 36.5 Å². The van der Waals surface area contributed by atoms with Crippen LogP contribution in [0, 0.1) is 22.7 Å². The molecule has 0 unspecified atom stereocenters. The van der Waals surface area contributed by atoms with Gasteiger partial charge in [0.2, 0.25) is 5.91 Å². The van der Waals surface area contributed by atoms with Crippen LogP contribution in [-0.2, 0) is 4.79 Å². The van der Waals surface area contributed by atoms with Gasteiger partial charge >= 0.3 is 0 Å². The molecule has 1 aliphatic heterocycles. The summed E-state index contributed by atoms with van der Waals surface area (Å²) in [6.45, 7) is 1.69. The molecule has 2 atom stereocenters. The minimum Gasteiger partial charge on any atom is -0.387 e. The van der Waals surface area contributed by atoms with Crippen molar-refractivity contribution in [2.75, 3.05) is 24.5 Å². The molecule has 2 fully saturated rings. The summed E-state index contributed by atoms with van der Waals surface area (Å²) in [7, 11) is 0. The smallest absolute Gasteiger partial charge is 0.223 e.